The Bertz CT molecular complexity index is 711. The Morgan fingerprint density at radius 3 is 2.14 bits per heavy atom. The lowest BCUT2D eigenvalue weighted by Gasteiger charge is -2.17. The molecule has 0 aliphatic carbocycles. The zero-order valence-electron chi connectivity index (χ0n) is 22.3. The van der Waals surface area contributed by atoms with Crippen LogP contribution in [0.3, 0.4) is 0 Å². The van der Waals surface area contributed by atoms with Crippen LogP contribution in [0.4, 0.5) is 0 Å². The summed E-state index contributed by atoms with van der Waals surface area (Å²) in [7, 11) is 1.31. The van der Waals surface area contributed by atoms with E-state index in [1.165, 1.54) is 7.11 Å². The van der Waals surface area contributed by atoms with Gasteiger partial charge in [0.2, 0.25) is 11.8 Å². The molecule has 4 N–H and O–H groups in total. The monoisotopic (exact) mass is 542 g/mol. The molecule has 2 aliphatic heterocycles. The first-order valence-electron chi connectivity index (χ1n) is 13.6. The third-order valence-electron chi connectivity index (χ3n) is 6.35. The lowest BCUT2D eigenvalue weighted by atomic mass is 10.0. The second kappa shape index (κ2) is 19.1. The van der Waals surface area contributed by atoms with Crippen molar-refractivity contribution in [1.29, 1.82) is 0 Å². The van der Waals surface area contributed by atoms with Gasteiger partial charge in [0.15, 0.2) is 0 Å². The van der Waals surface area contributed by atoms with Crippen LogP contribution in [0.25, 0.3) is 0 Å². The van der Waals surface area contributed by atoms with Gasteiger partial charge >= 0.3 is 5.97 Å². The highest BCUT2D eigenvalue weighted by atomic mass is 32.2. The Hall–Kier alpha value is -1.98. The number of carbonyl (C=O) groups excluding carboxylic acids is 3. The van der Waals surface area contributed by atoms with Gasteiger partial charge in [-0.05, 0) is 38.5 Å². The molecule has 2 amide bonds. The van der Waals surface area contributed by atoms with Gasteiger partial charge in [-0.25, -0.2) is 0 Å². The molecule has 0 aromatic carbocycles. The van der Waals surface area contributed by atoms with Crippen LogP contribution in [0.15, 0.2) is 12.4 Å². The van der Waals surface area contributed by atoms with Crippen molar-refractivity contribution in [2.24, 2.45) is 0 Å². The van der Waals surface area contributed by atoms with Crippen LogP contribution in [0.1, 0.15) is 64.2 Å². The summed E-state index contributed by atoms with van der Waals surface area (Å²) in [5.74, 6) is 1.67. The third-order valence-corrected chi connectivity index (χ3v) is 7.86. The number of methoxy groups -OCH3 is 1. The second-order valence-electron chi connectivity index (χ2n) is 9.43. The van der Waals surface area contributed by atoms with E-state index < -0.39 is 0 Å². The van der Waals surface area contributed by atoms with Gasteiger partial charge in [0, 0.05) is 63.4 Å². The number of hydrogen-bond donors (Lipinski definition) is 4. The third kappa shape index (κ3) is 13.9. The fourth-order valence-corrected chi connectivity index (χ4v) is 5.83. The summed E-state index contributed by atoms with van der Waals surface area (Å²) in [5, 5.41) is 13.2. The lowest BCUT2D eigenvalue weighted by Crippen LogP contribution is -2.36. The van der Waals surface area contributed by atoms with E-state index in [-0.39, 0.29) is 30.6 Å². The van der Waals surface area contributed by atoms with E-state index in [9.17, 15) is 14.4 Å². The van der Waals surface area contributed by atoms with Crippen molar-refractivity contribution >= 4 is 29.5 Å². The number of esters is 1. The van der Waals surface area contributed by atoms with Crippen molar-refractivity contribution in [3.63, 3.8) is 0 Å². The minimum Gasteiger partial charge on any atom is -0.469 e. The summed E-state index contributed by atoms with van der Waals surface area (Å²) in [4.78, 5) is 34.5. The maximum Gasteiger partial charge on any atom is 0.306 e. The second-order valence-corrected chi connectivity index (χ2v) is 10.7. The maximum atomic E-state index is 12.0. The Morgan fingerprint density at radius 1 is 0.865 bits per heavy atom. The van der Waals surface area contributed by atoms with E-state index in [4.69, 9.17) is 9.47 Å². The summed E-state index contributed by atoms with van der Waals surface area (Å²) in [6, 6.07) is 0.989. The van der Waals surface area contributed by atoms with Crippen LogP contribution in [0.5, 0.6) is 0 Å². The Kier molecular flexibility index (Phi) is 16.2. The predicted molar refractivity (Wildman–Crippen MR) is 145 cm³/mol. The van der Waals surface area contributed by atoms with E-state index in [0.29, 0.717) is 63.3 Å². The van der Waals surface area contributed by atoms with Crippen LogP contribution >= 0.6 is 11.8 Å². The molecule has 2 fully saturated rings. The molecule has 2 rings (SSSR count). The van der Waals surface area contributed by atoms with Crippen molar-refractivity contribution in [2.75, 3.05) is 52.4 Å². The van der Waals surface area contributed by atoms with E-state index in [2.05, 4.69) is 32.6 Å². The molecule has 11 heteroatoms. The van der Waals surface area contributed by atoms with Crippen LogP contribution in [-0.2, 0) is 28.6 Å². The maximum absolute atomic E-state index is 12.0. The highest BCUT2D eigenvalue weighted by Gasteiger charge is 2.40. The number of unbranched alkanes of at least 4 members (excludes halogenated alkanes) is 2. The number of rotatable bonds is 21. The van der Waals surface area contributed by atoms with Crippen molar-refractivity contribution in [3.05, 3.63) is 12.4 Å². The smallest absolute Gasteiger partial charge is 0.306 e. The fraction of sp³-hybridized carbons (Fsp3) is 0.808. The number of hydrogen-bond acceptors (Lipinski definition) is 9. The number of nitrogens with one attached hydrogen (secondary N) is 4. The molecule has 0 aromatic heterocycles. The Morgan fingerprint density at radius 2 is 1.49 bits per heavy atom. The quantitative estimate of drug-likeness (QED) is 0.127. The van der Waals surface area contributed by atoms with Gasteiger partial charge in [-0.2, -0.15) is 11.8 Å². The first-order chi connectivity index (χ1) is 18.0. The molecule has 2 saturated heterocycles. The minimum atomic E-state index is -0.380. The summed E-state index contributed by atoms with van der Waals surface area (Å²) < 4.78 is 15.7. The topological polar surface area (TPSA) is 127 Å². The van der Waals surface area contributed by atoms with Gasteiger partial charge in [-0.1, -0.05) is 13.0 Å². The van der Waals surface area contributed by atoms with Gasteiger partial charge < -0.3 is 35.5 Å². The predicted octanol–water partition coefficient (Wildman–Crippen LogP) is 1.84. The van der Waals surface area contributed by atoms with Gasteiger partial charge in [-0.3, -0.25) is 14.4 Å². The molecule has 212 valence electrons. The van der Waals surface area contributed by atoms with Gasteiger partial charge in [0.25, 0.3) is 0 Å². The minimum absolute atomic E-state index is 0.102. The van der Waals surface area contributed by atoms with E-state index in [1.807, 2.05) is 11.8 Å². The van der Waals surface area contributed by atoms with Crippen LogP contribution in [0.2, 0.25) is 0 Å². The van der Waals surface area contributed by atoms with Crippen molar-refractivity contribution in [1.82, 2.24) is 21.3 Å². The first kappa shape index (κ1) is 31.2. The average molecular weight is 543 g/mol. The number of fused-ring (bicyclic) bond motifs is 1. The molecular formula is C26H46N4O6S. The zero-order valence-corrected chi connectivity index (χ0v) is 23.1. The molecule has 0 spiro atoms. The first-order valence-corrected chi connectivity index (χ1v) is 14.6. The summed E-state index contributed by atoms with van der Waals surface area (Å²) in [6.45, 7) is 7.73. The van der Waals surface area contributed by atoms with Crippen LogP contribution < -0.4 is 21.3 Å². The van der Waals surface area contributed by atoms with Gasteiger partial charge in [0.05, 0.1) is 31.4 Å². The average Bonchev–Trinajstić information content (AvgIpc) is 3.44. The van der Waals surface area contributed by atoms with Crippen LogP contribution in [0, 0.1) is 0 Å². The van der Waals surface area contributed by atoms with E-state index in [0.717, 1.165) is 56.5 Å². The Balaban J connectivity index is 1.27. The largest absolute Gasteiger partial charge is 0.469 e. The number of carbonyl (C=O) groups is 3. The molecule has 10 nitrogen and oxygen atoms in total. The van der Waals surface area contributed by atoms with Gasteiger partial charge in [0.1, 0.15) is 0 Å². The normalized spacial score (nSPS) is 20.1. The van der Waals surface area contributed by atoms with E-state index >= 15 is 0 Å². The van der Waals surface area contributed by atoms with Crippen molar-refractivity contribution in [3.8, 4) is 0 Å². The standard InChI is InChI=1S/C26H46N4O6S/c1-20-29-21-19-37-22(26(21)30-20)9-3-4-10-23(31)27-13-7-17-35-15-5-6-16-36-18-8-14-28-24(32)11-12-25(33)34-2/h21-22,26,29-30H,1,3-19H2,2H3,(H,27,31)(H,28,32). The molecule has 0 aromatic rings. The fourth-order valence-electron chi connectivity index (χ4n) is 4.29. The summed E-state index contributed by atoms with van der Waals surface area (Å²) >= 11 is 2.02. The molecule has 0 radical (unpaired) electrons. The summed E-state index contributed by atoms with van der Waals surface area (Å²) in [6.07, 6.45) is 7.38. The highest BCUT2D eigenvalue weighted by Crippen LogP contribution is 2.34. The SMILES string of the molecule is C=C1NC2CSC(CCCCC(=O)NCCCOCCCCOCCCNC(=O)CCC(=O)OC)C2N1. The molecular weight excluding hydrogens is 496 g/mol. The molecule has 0 saturated carbocycles. The molecule has 0 bridgehead atoms. The molecule has 2 aliphatic rings. The van der Waals surface area contributed by atoms with Crippen molar-refractivity contribution in [2.45, 2.75) is 81.5 Å². The number of ether oxygens (including phenoxy) is 3. The van der Waals surface area contributed by atoms with E-state index in [1.54, 1.807) is 0 Å². The van der Waals surface area contributed by atoms with Gasteiger partial charge in [-0.15, -0.1) is 0 Å². The lowest BCUT2D eigenvalue weighted by molar-refractivity contribution is -0.142. The van der Waals surface area contributed by atoms with Crippen LogP contribution in [-0.4, -0.2) is 87.5 Å². The molecule has 37 heavy (non-hydrogen) atoms. The molecule has 2 heterocycles. The number of amides is 2. The number of thioether (sulfide) groups is 1. The molecule has 3 atom stereocenters. The molecule has 3 unspecified atom stereocenters. The highest BCUT2D eigenvalue weighted by molar-refractivity contribution is 8.00. The Labute approximate surface area is 225 Å². The zero-order chi connectivity index (χ0) is 26.7. The van der Waals surface area contributed by atoms with Crippen molar-refractivity contribution < 1.29 is 28.6 Å². The summed E-state index contributed by atoms with van der Waals surface area (Å²) in [5.41, 5.74) is 0.